The van der Waals surface area contributed by atoms with Crippen LogP contribution < -0.4 is 10.6 Å². The minimum absolute atomic E-state index is 0.00449. The Bertz CT molecular complexity index is 239. The lowest BCUT2D eigenvalue weighted by atomic mass is 10.2. The van der Waals surface area contributed by atoms with Gasteiger partial charge in [0.1, 0.15) is 5.54 Å². The second-order valence-electron chi connectivity index (χ2n) is 3.20. The highest BCUT2D eigenvalue weighted by atomic mass is 16.2. The lowest BCUT2D eigenvalue weighted by Gasteiger charge is -2.10. The molecule has 1 saturated carbocycles. The quantitative estimate of drug-likeness (QED) is 0.509. The topological polar surface area (TPSA) is 58.2 Å². The molecule has 1 aliphatic carbocycles. The van der Waals surface area contributed by atoms with Crippen molar-refractivity contribution >= 4 is 11.8 Å². The number of amides is 2. The first-order valence-corrected chi connectivity index (χ1v) is 3.72. The summed E-state index contributed by atoms with van der Waals surface area (Å²) < 4.78 is 0. The van der Waals surface area contributed by atoms with Crippen LogP contribution in [0.25, 0.3) is 0 Å². The summed E-state index contributed by atoms with van der Waals surface area (Å²) in [5.41, 5.74) is -0.508. The van der Waals surface area contributed by atoms with Gasteiger partial charge in [0.15, 0.2) is 0 Å². The molecule has 2 aliphatic rings. The lowest BCUT2D eigenvalue weighted by molar-refractivity contribution is -0.127. The minimum Gasteiger partial charge on any atom is -0.357 e. The number of hydrogen-bond acceptors (Lipinski definition) is 2. The summed E-state index contributed by atoms with van der Waals surface area (Å²) in [5.74, 6) is 0.216. The molecule has 2 rings (SSSR count). The van der Waals surface area contributed by atoms with Crippen molar-refractivity contribution < 1.29 is 9.59 Å². The van der Waals surface area contributed by atoms with E-state index in [9.17, 15) is 9.59 Å². The Kier molecular flexibility index (Phi) is 1.06. The number of nitrogens with one attached hydrogen (secondary N) is 2. The van der Waals surface area contributed by atoms with Crippen molar-refractivity contribution in [3.05, 3.63) is 0 Å². The summed E-state index contributed by atoms with van der Waals surface area (Å²) in [7, 11) is 1.59. The summed E-state index contributed by atoms with van der Waals surface area (Å²) in [5, 5.41) is 5.26. The van der Waals surface area contributed by atoms with Gasteiger partial charge in [-0.3, -0.25) is 9.59 Å². The molecule has 1 heterocycles. The van der Waals surface area contributed by atoms with E-state index in [1.807, 2.05) is 0 Å². The largest absolute Gasteiger partial charge is 0.357 e. The zero-order chi connectivity index (χ0) is 8.06. The monoisotopic (exact) mass is 154 g/mol. The van der Waals surface area contributed by atoms with Crippen LogP contribution in [-0.2, 0) is 9.59 Å². The Morgan fingerprint density at radius 2 is 2.55 bits per heavy atom. The maximum atomic E-state index is 11.2. The number of rotatable bonds is 1. The smallest absolute Gasteiger partial charge is 0.245 e. The van der Waals surface area contributed by atoms with Gasteiger partial charge in [-0.2, -0.15) is 0 Å². The van der Waals surface area contributed by atoms with Crippen molar-refractivity contribution in [3.63, 3.8) is 0 Å². The Balaban J connectivity index is 2.15. The standard InChI is InChI=1S/C7H10N2O2/c1-8-6(11)7-3-4(7)2-5(10)9-7/h4H,2-3H2,1H3,(H,8,11)(H,9,10)/t4-,7+/m0/s1. The molecule has 4 nitrogen and oxygen atoms in total. The Morgan fingerprint density at radius 1 is 1.82 bits per heavy atom. The highest BCUT2D eigenvalue weighted by Gasteiger charge is 2.65. The first-order chi connectivity index (χ1) is 5.19. The van der Waals surface area contributed by atoms with Crippen molar-refractivity contribution in [2.45, 2.75) is 18.4 Å². The molecule has 0 aromatic rings. The molecule has 0 aromatic heterocycles. The number of carbonyl (C=O) groups is 2. The molecule has 2 fully saturated rings. The van der Waals surface area contributed by atoms with Crippen LogP contribution in [0.5, 0.6) is 0 Å². The highest BCUT2D eigenvalue weighted by Crippen LogP contribution is 2.50. The minimum atomic E-state index is -0.508. The number of piperidine rings is 1. The van der Waals surface area contributed by atoms with Crippen molar-refractivity contribution in [3.8, 4) is 0 Å². The van der Waals surface area contributed by atoms with E-state index in [-0.39, 0.29) is 17.7 Å². The van der Waals surface area contributed by atoms with Gasteiger partial charge in [0.25, 0.3) is 0 Å². The fourth-order valence-electron chi connectivity index (χ4n) is 1.81. The van der Waals surface area contributed by atoms with E-state index in [2.05, 4.69) is 10.6 Å². The van der Waals surface area contributed by atoms with Gasteiger partial charge in [-0.1, -0.05) is 0 Å². The van der Waals surface area contributed by atoms with Gasteiger partial charge in [0, 0.05) is 19.4 Å². The molecule has 60 valence electrons. The predicted molar refractivity (Wildman–Crippen MR) is 37.7 cm³/mol. The molecule has 0 unspecified atom stereocenters. The van der Waals surface area contributed by atoms with E-state index in [0.717, 1.165) is 6.42 Å². The maximum absolute atomic E-state index is 11.2. The van der Waals surface area contributed by atoms with Gasteiger partial charge >= 0.3 is 0 Å². The fourth-order valence-corrected chi connectivity index (χ4v) is 1.81. The molecule has 11 heavy (non-hydrogen) atoms. The molecule has 0 spiro atoms. The average Bonchev–Trinajstić information content (AvgIpc) is 2.55. The third-order valence-corrected chi connectivity index (χ3v) is 2.53. The fraction of sp³-hybridized carbons (Fsp3) is 0.714. The van der Waals surface area contributed by atoms with Gasteiger partial charge in [-0.15, -0.1) is 0 Å². The van der Waals surface area contributed by atoms with E-state index >= 15 is 0 Å². The van der Waals surface area contributed by atoms with Gasteiger partial charge in [0.2, 0.25) is 11.8 Å². The summed E-state index contributed by atoms with van der Waals surface area (Å²) in [4.78, 5) is 22.0. The molecule has 0 aromatic carbocycles. The third-order valence-electron chi connectivity index (χ3n) is 2.53. The Morgan fingerprint density at radius 3 is 3.00 bits per heavy atom. The van der Waals surface area contributed by atoms with Crippen LogP contribution in [0, 0.1) is 5.92 Å². The molecule has 0 bridgehead atoms. The van der Waals surface area contributed by atoms with Gasteiger partial charge < -0.3 is 10.6 Å². The molecule has 0 radical (unpaired) electrons. The number of carbonyl (C=O) groups excluding carboxylic acids is 2. The van der Waals surface area contributed by atoms with Crippen molar-refractivity contribution in [1.29, 1.82) is 0 Å². The third kappa shape index (κ3) is 0.692. The van der Waals surface area contributed by atoms with Gasteiger partial charge in [-0.25, -0.2) is 0 Å². The SMILES string of the molecule is CNC(=O)[C@@]12C[C@@H]1CC(=O)N2. The molecular weight excluding hydrogens is 144 g/mol. The van der Waals surface area contributed by atoms with Crippen molar-refractivity contribution in [1.82, 2.24) is 10.6 Å². The molecule has 2 atom stereocenters. The summed E-state index contributed by atoms with van der Waals surface area (Å²) in [6.45, 7) is 0. The molecule has 4 heteroatoms. The number of hydrogen-bond donors (Lipinski definition) is 2. The van der Waals surface area contributed by atoms with E-state index in [1.54, 1.807) is 7.05 Å². The maximum Gasteiger partial charge on any atom is 0.245 e. The first-order valence-electron chi connectivity index (χ1n) is 3.72. The van der Waals surface area contributed by atoms with E-state index in [4.69, 9.17) is 0 Å². The van der Waals surface area contributed by atoms with Crippen LogP contribution >= 0.6 is 0 Å². The van der Waals surface area contributed by atoms with Crippen LogP contribution in [-0.4, -0.2) is 24.4 Å². The predicted octanol–water partition coefficient (Wildman–Crippen LogP) is -0.989. The van der Waals surface area contributed by atoms with E-state index < -0.39 is 5.54 Å². The molecule has 1 aliphatic heterocycles. The molecule has 2 amide bonds. The summed E-state index contributed by atoms with van der Waals surface area (Å²) in [6, 6.07) is 0. The average molecular weight is 154 g/mol. The Labute approximate surface area is 64.3 Å². The Hall–Kier alpha value is -1.06. The van der Waals surface area contributed by atoms with Crippen LogP contribution in [0.4, 0.5) is 0 Å². The van der Waals surface area contributed by atoms with Crippen LogP contribution in [0.3, 0.4) is 0 Å². The van der Waals surface area contributed by atoms with Gasteiger partial charge in [0.05, 0.1) is 0 Å². The second kappa shape index (κ2) is 1.75. The zero-order valence-electron chi connectivity index (χ0n) is 6.31. The van der Waals surface area contributed by atoms with E-state index in [1.165, 1.54) is 0 Å². The van der Waals surface area contributed by atoms with Crippen LogP contribution in [0.1, 0.15) is 12.8 Å². The lowest BCUT2D eigenvalue weighted by Crippen LogP contribution is -2.45. The molecule has 2 N–H and O–H groups in total. The molecular formula is C7H10N2O2. The first kappa shape index (κ1) is 6.64. The number of likely N-dealkylation sites (N-methyl/N-ethyl adjacent to an activating group) is 1. The van der Waals surface area contributed by atoms with E-state index in [0.29, 0.717) is 6.42 Å². The number of fused-ring (bicyclic) bond motifs is 1. The van der Waals surface area contributed by atoms with Crippen molar-refractivity contribution in [2.24, 2.45) is 5.92 Å². The summed E-state index contributed by atoms with van der Waals surface area (Å²) >= 11 is 0. The zero-order valence-corrected chi connectivity index (χ0v) is 6.31. The van der Waals surface area contributed by atoms with Crippen molar-refractivity contribution in [2.75, 3.05) is 7.05 Å². The normalized spacial score (nSPS) is 39.4. The molecule has 1 saturated heterocycles. The summed E-state index contributed by atoms with van der Waals surface area (Å²) in [6.07, 6.45) is 1.34. The van der Waals surface area contributed by atoms with Crippen LogP contribution in [0.15, 0.2) is 0 Å². The van der Waals surface area contributed by atoms with Crippen LogP contribution in [0.2, 0.25) is 0 Å². The van der Waals surface area contributed by atoms with Gasteiger partial charge in [-0.05, 0) is 6.42 Å². The second-order valence-corrected chi connectivity index (χ2v) is 3.20. The highest BCUT2D eigenvalue weighted by molar-refractivity contribution is 5.98.